The number of aromatic nitrogens is 1. The van der Waals surface area contributed by atoms with Crippen molar-refractivity contribution in [2.24, 2.45) is 0 Å². The van der Waals surface area contributed by atoms with Gasteiger partial charge in [0.25, 0.3) is 0 Å². The molecule has 0 radical (unpaired) electrons. The molecule has 0 spiro atoms. The minimum Gasteiger partial charge on any atom is -0.458 e. The molecule has 1 aromatic carbocycles. The normalized spacial score (nSPS) is 12.8. The van der Waals surface area contributed by atoms with Gasteiger partial charge in [-0.2, -0.15) is 0 Å². The third kappa shape index (κ3) is 2.25. The number of hydrogen-bond donors (Lipinski definition) is 1. The van der Waals surface area contributed by atoms with Crippen molar-refractivity contribution in [1.29, 1.82) is 0 Å². The van der Waals surface area contributed by atoms with Gasteiger partial charge in [0.15, 0.2) is 6.10 Å². The Morgan fingerprint density at radius 1 is 1.05 bits per heavy atom. The van der Waals surface area contributed by atoms with E-state index in [-0.39, 0.29) is 0 Å². The number of fused-ring (bicyclic) bond motifs is 1. The summed E-state index contributed by atoms with van der Waals surface area (Å²) >= 11 is 0. The van der Waals surface area contributed by atoms with E-state index in [9.17, 15) is 5.11 Å². The van der Waals surface area contributed by atoms with Crippen LogP contribution < -0.4 is 0 Å². The number of aliphatic hydroxyl groups is 1. The van der Waals surface area contributed by atoms with Crippen molar-refractivity contribution in [1.82, 2.24) is 4.98 Å². The van der Waals surface area contributed by atoms with E-state index in [4.69, 9.17) is 4.42 Å². The van der Waals surface area contributed by atoms with Gasteiger partial charge in [-0.15, -0.1) is 0 Å². The maximum Gasteiger partial charge on any atom is 0.153 e. The van der Waals surface area contributed by atoms with Crippen molar-refractivity contribution in [3.63, 3.8) is 0 Å². The Morgan fingerprint density at radius 2 is 1.84 bits per heavy atom. The Bertz CT molecular complexity index is 713. The van der Waals surface area contributed by atoms with Gasteiger partial charge in [-0.05, 0) is 43.7 Å². The van der Waals surface area contributed by atoms with Gasteiger partial charge in [-0.25, -0.2) is 0 Å². The van der Waals surface area contributed by atoms with E-state index in [0.717, 1.165) is 16.5 Å². The van der Waals surface area contributed by atoms with Crippen molar-refractivity contribution in [3.8, 4) is 0 Å². The summed E-state index contributed by atoms with van der Waals surface area (Å²) in [6, 6.07) is 11.6. The second-order valence-corrected chi connectivity index (χ2v) is 4.85. The molecule has 96 valence electrons. The zero-order valence-corrected chi connectivity index (χ0v) is 10.9. The van der Waals surface area contributed by atoms with Gasteiger partial charge >= 0.3 is 0 Å². The van der Waals surface area contributed by atoms with Crippen LogP contribution in [-0.4, -0.2) is 10.1 Å². The molecule has 19 heavy (non-hydrogen) atoms. The minimum absolute atomic E-state index is 0.525. The van der Waals surface area contributed by atoms with Crippen LogP contribution in [0.1, 0.15) is 28.7 Å². The quantitative estimate of drug-likeness (QED) is 0.760. The molecule has 0 aliphatic heterocycles. The fourth-order valence-corrected chi connectivity index (χ4v) is 2.10. The van der Waals surface area contributed by atoms with Crippen LogP contribution in [0.3, 0.4) is 0 Å². The van der Waals surface area contributed by atoms with Gasteiger partial charge in [0.1, 0.15) is 11.3 Å². The zero-order valence-electron chi connectivity index (χ0n) is 10.9. The molecule has 0 saturated heterocycles. The minimum atomic E-state index is -0.826. The molecule has 0 aliphatic rings. The highest BCUT2D eigenvalue weighted by Gasteiger charge is 2.16. The molecule has 0 amide bonds. The van der Waals surface area contributed by atoms with E-state index in [1.807, 2.05) is 50.2 Å². The Kier molecular flexibility index (Phi) is 2.84. The largest absolute Gasteiger partial charge is 0.458 e. The van der Waals surface area contributed by atoms with Gasteiger partial charge < -0.3 is 9.52 Å². The number of rotatable bonds is 2. The summed E-state index contributed by atoms with van der Waals surface area (Å²) in [6.45, 7) is 4.00. The van der Waals surface area contributed by atoms with Gasteiger partial charge in [0, 0.05) is 11.6 Å². The highest BCUT2D eigenvalue weighted by molar-refractivity contribution is 5.78. The van der Waals surface area contributed by atoms with E-state index >= 15 is 0 Å². The van der Waals surface area contributed by atoms with Crippen LogP contribution in [0.15, 0.2) is 47.0 Å². The maximum absolute atomic E-state index is 10.3. The molecule has 0 saturated carbocycles. The average Bonchev–Trinajstić information content (AvgIpc) is 2.81. The monoisotopic (exact) mass is 253 g/mol. The lowest BCUT2D eigenvalue weighted by atomic mass is 10.1. The molecule has 0 aliphatic carbocycles. The van der Waals surface area contributed by atoms with Crippen molar-refractivity contribution < 1.29 is 9.52 Å². The molecule has 0 bridgehead atoms. The molecule has 2 heterocycles. The lowest BCUT2D eigenvalue weighted by Gasteiger charge is -2.06. The van der Waals surface area contributed by atoms with Crippen LogP contribution in [0.25, 0.3) is 11.0 Å². The highest BCUT2D eigenvalue weighted by Crippen LogP contribution is 2.27. The smallest absolute Gasteiger partial charge is 0.153 e. The van der Waals surface area contributed by atoms with Gasteiger partial charge in [0.05, 0.1) is 5.69 Å². The van der Waals surface area contributed by atoms with E-state index in [2.05, 4.69) is 4.98 Å². The van der Waals surface area contributed by atoms with Crippen LogP contribution in [-0.2, 0) is 0 Å². The third-order valence-electron chi connectivity index (χ3n) is 3.17. The number of aryl methyl sites for hydroxylation is 2. The SMILES string of the molecule is Cc1ccc(C(O)c2cc3cc(C)ccc3o2)nc1. The number of hydrogen-bond acceptors (Lipinski definition) is 3. The van der Waals surface area contributed by atoms with Gasteiger partial charge in [-0.1, -0.05) is 17.7 Å². The lowest BCUT2D eigenvalue weighted by molar-refractivity contribution is 0.187. The van der Waals surface area contributed by atoms with Crippen LogP contribution in [0, 0.1) is 13.8 Å². The van der Waals surface area contributed by atoms with Crippen molar-refractivity contribution >= 4 is 11.0 Å². The summed E-state index contributed by atoms with van der Waals surface area (Å²) in [4.78, 5) is 4.23. The molecular formula is C16H15NO2. The Hall–Kier alpha value is -2.13. The predicted octanol–water partition coefficient (Wildman–Crippen LogP) is 3.53. The average molecular weight is 253 g/mol. The van der Waals surface area contributed by atoms with Crippen molar-refractivity contribution in [3.05, 3.63) is 65.2 Å². The second-order valence-electron chi connectivity index (χ2n) is 4.85. The van der Waals surface area contributed by atoms with Crippen LogP contribution in [0.4, 0.5) is 0 Å². The number of nitrogens with zero attached hydrogens (tertiary/aromatic N) is 1. The fourth-order valence-electron chi connectivity index (χ4n) is 2.10. The zero-order chi connectivity index (χ0) is 13.4. The molecule has 1 N–H and O–H groups in total. The lowest BCUT2D eigenvalue weighted by Crippen LogP contribution is -2.00. The Balaban J connectivity index is 2.01. The van der Waals surface area contributed by atoms with Gasteiger partial charge in [0.2, 0.25) is 0 Å². The van der Waals surface area contributed by atoms with E-state index < -0.39 is 6.10 Å². The molecule has 3 aromatic rings. The summed E-state index contributed by atoms with van der Waals surface area (Å²) in [5.74, 6) is 0.525. The number of benzene rings is 1. The number of pyridine rings is 1. The summed E-state index contributed by atoms with van der Waals surface area (Å²) in [6.07, 6.45) is 0.916. The molecule has 1 atom stereocenters. The molecule has 2 aromatic heterocycles. The standard InChI is InChI=1S/C16H15NO2/c1-10-4-6-14-12(7-10)8-15(19-14)16(18)13-5-3-11(2)9-17-13/h3-9,16,18H,1-2H3. The number of aliphatic hydroxyl groups excluding tert-OH is 1. The van der Waals surface area contributed by atoms with Gasteiger partial charge in [-0.3, -0.25) is 4.98 Å². The first kappa shape index (κ1) is 11.9. The molecule has 0 fully saturated rings. The molecule has 3 rings (SSSR count). The van der Waals surface area contributed by atoms with E-state index in [0.29, 0.717) is 11.5 Å². The Labute approximate surface area is 111 Å². The first-order valence-corrected chi connectivity index (χ1v) is 6.24. The fraction of sp³-hybridized carbons (Fsp3) is 0.188. The van der Waals surface area contributed by atoms with Crippen molar-refractivity contribution in [2.75, 3.05) is 0 Å². The molecule has 3 nitrogen and oxygen atoms in total. The highest BCUT2D eigenvalue weighted by atomic mass is 16.4. The predicted molar refractivity (Wildman–Crippen MR) is 74.0 cm³/mol. The first-order valence-electron chi connectivity index (χ1n) is 6.24. The van der Waals surface area contributed by atoms with E-state index in [1.54, 1.807) is 6.20 Å². The van der Waals surface area contributed by atoms with Crippen LogP contribution in [0.2, 0.25) is 0 Å². The molecular weight excluding hydrogens is 238 g/mol. The topological polar surface area (TPSA) is 46.3 Å². The Morgan fingerprint density at radius 3 is 2.58 bits per heavy atom. The van der Waals surface area contributed by atoms with Crippen LogP contribution >= 0.6 is 0 Å². The number of furan rings is 1. The van der Waals surface area contributed by atoms with E-state index in [1.165, 1.54) is 5.56 Å². The first-order chi connectivity index (χ1) is 9.13. The van der Waals surface area contributed by atoms with Crippen LogP contribution in [0.5, 0.6) is 0 Å². The summed E-state index contributed by atoms with van der Waals surface area (Å²) in [5, 5.41) is 11.3. The molecule has 1 unspecified atom stereocenters. The third-order valence-corrected chi connectivity index (χ3v) is 3.17. The second kappa shape index (κ2) is 4.52. The summed E-state index contributed by atoms with van der Waals surface area (Å²) in [5.41, 5.74) is 3.62. The molecule has 3 heteroatoms. The summed E-state index contributed by atoms with van der Waals surface area (Å²) in [7, 11) is 0. The maximum atomic E-state index is 10.3. The van der Waals surface area contributed by atoms with Crippen molar-refractivity contribution in [2.45, 2.75) is 20.0 Å². The summed E-state index contributed by atoms with van der Waals surface area (Å²) < 4.78 is 5.68.